The first-order valence-electron chi connectivity index (χ1n) is 26.5. The van der Waals surface area contributed by atoms with Gasteiger partial charge in [-0.15, -0.1) is 0 Å². The van der Waals surface area contributed by atoms with Gasteiger partial charge in [0.2, 0.25) is 0 Å². The maximum atomic E-state index is 6.50. The molecule has 0 N–H and O–H groups in total. The third kappa shape index (κ3) is 7.57. The van der Waals surface area contributed by atoms with Crippen molar-refractivity contribution in [3.8, 4) is 22.3 Å². The van der Waals surface area contributed by atoms with Crippen LogP contribution >= 0.6 is 0 Å². The van der Waals surface area contributed by atoms with Gasteiger partial charge in [-0.05, 0) is 162 Å². The molecule has 0 saturated heterocycles. The number of para-hydroxylation sites is 11. The van der Waals surface area contributed by atoms with E-state index in [1.54, 1.807) is 0 Å². The molecule has 1 aromatic heterocycles. The minimum atomic E-state index is 0.848. The minimum Gasteiger partial charge on any atom is -0.456 e. The fraction of sp³-hybridized carbons (Fsp3) is 0. The SMILES string of the molecule is c1ccc(N2c3ccccc3N(c3cccc(-c4ccc(N(c5ccc(-c6cccc(N7c8ccccc8N(c8ccccc8)c8ccccc87)c6)cc5)c5ccc6c(c5)oc5ccccc56)cc4)c3)c3ccccc32)cc1. The van der Waals surface area contributed by atoms with Gasteiger partial charge in [0.05, 0.1) is 45.5 Å². The molecule has 0 radical (unpaired) electrons. The predicted molar refractivity (Wildman–Crippen MR) is 325 cm³/mol. The van der Waals surface area contributed by atoms with Crippen LogP contribution in [0.3, 0.4) is 0 Å². The molecule has 2 aliphatic rings. The number of rotatable bonds is 9. The highest BCUT2D eigenvalue weighted by molar-refractivity contribution is 6.07. The maximum Gasteiger partial charge on any atom is 0.137 e. The average Bonchev–Trinajstić information content (AvgIpc) is 4.03. The molecule has 15 rings (SSSR count). The van der Waals surface area contributed by atoms with Crippen LogP contribution in [0.1, 0.15) is 0 Å². The zero-order valence-corrected chi connectivity index (χ0v) is 42.4. The van der Waals surface area contributed by atoms with Gasteiger partial charge in [-0.1, -0.05) is 152 Å². The van der Waals surface area contributed by atoms with Crippen LogP contribution in [0.2, 0.25) is 0 Å². The lowest BCUT2D eigenvalue weighted by molar-refractivity contribution is 0.669. The monoisotopic (exact) mass is 999 g/mol. The molecule has 0 unspecified atom stereocenters. The lowest BCUT2D eigenvalue weighted by atomic mass is 10.0. The highest BCUT2D eigenvalue weighted by Crippen LogP contribution is 2.56. The summed E-state index contributed by atoms with van der Waals surface area (Å²) in [6, 6.07) is 107. The summed E-state index contributed by atoms with van der Waals surface area (Å²) in [7, 11) is 0. The standard InChI is InChI=1S/C72H49N5O/c1-3-21-54(22-4-1)74-63-28-8-12-32-67(63)76(68-33-13-9-29-64(68)74)58-25-17-19-52(47-58)50-37-41-56(42-38-50)73(60-45-46-62-61-27-7-16-36-71(61)78-72(62)49-60)57-43-39-51(40-44-57)53-20-18-26-59(48-53)77-69-34-14-10-30-65(69)75(55-23-5-2-6-24-55)66-31-11-15-35-70(66)77/h1-49H. The molecule has 0 amide bonds. The Kier molecular flexibility index (Phi) is 10.7. The van der Waals surface area contributed by atoms with Crippen LogP contribution in [0.5, 0.6) is 0 Å². The van der Waals surface area contributed by atoms with Crippen molar-refractivity contribution < 1.29 is 4.42 Å². The van der Waals surface area contributed by atoms with E-state index >= 15 is 0 Å². The van der Waals surface area contributed by atoms with Gasteiger partial charge >= 0.3 is 0 Å². The van der Waals surface area contributed by atoms with E-state index in [0.29, 0.717) is 0 Å². The zero-order chi connectivity index (χ0) is 51.5. The van der Waals surface area contributed by atoms with Gasteiger partial charge in [0, 0.05) is 56.7 Å². The number of benzene rings is 12. The molecule has 6 nitrogen and oxygen atoms in total. The first kappa shape index (κ1) is 44.9. The summed E-state index contributed by atoms with van der Waals surface area (Å²) in [5.74, 6) is 0. The summed E-state index contributed by atoms with van der Waals surface area (Å²) < 4.78 is 6.50. The third-order valence-corrected chi connectivity index (χ3v) is 15.2. The van der Waals surface area contributed by atoms with Crippen molar-refractivity contribution >= 4 is 107 Å². The van der Waals surface area contributed by atoms with Crippen molar-refractivity contribution in [2.75, 3.05) is 24.5 Å². The molecular weight excluding hydrogens is 951 g/mol. The fourth-order valence-electron chi connectivity index (χ4n) is 11.7. The Labute approximate surface area is 453 Å². The van der Waals surface area contributed by atoms with Gasteiger partial charge < -0.3 is 28.9 Å². The van der Waals surface area contributed by atoms with Crippen molar-refractivity contribution in [1.82, 2.24) is 0 Å². The number of anilines is 15. The van der Waals surface area contributed by atoms with Gasteiger partial charge in [0.1, 0.15) is 11.2 Å². The zero-order valence-electron chi connectivity index (χ0n) is 42.4. The first-order chi connectivity index (χ1) is 38.7. The Morgan fingerprint density at radius 2 is 0.551 bits per heavy atom. The Morgan fingerprint density at radius 1 is 0.218 bits per heavy atom. The summed E-state index contributed by atoms with van der Waals surface area (Å²) >= 11 is 0. The van der Waals surface area contributed by atoms with Crippen molar-refractivity contribution in [2.45, 2.75) is 0 Å². The highest BCUT2D eigenvalue weighted by atomic mass is 16.3. The lowest BCUT2D eigenvalue weighted by Crippen LogP contribution is -2.23. The van der Waals surface area contributed by atoms with Crippen LogP contribution in [0.15, 0.2) is 302 Å². The molecule has 13 aromatic rings. The van der Waals surface area contributed by atoms with E-state index in [9.17, 15) is 0 Å². The summed E-state index contributed by atoms with van der Waals surface area (Å²) in [4.78, 5) is 11.8. The van der Waals surface area contributed by atoms with Crippen molar-refractivity contribution in [2.24, 2.45) is 0 Å². The van der Waals surface area contributed by atoms with Crippen LogP contribution in [-0.2, 0) is 0 Å². The normalized spacial score (nSPS) is 12.5. The summed E-state index contributed by atoms with van der Waals surface area (Å²) in [6.07, 6.45) is 0. The molecule has 78 heavy (non-hydrogen) atoms. The van der Waals surface area contributed by atoms with Crippen LogP contribution < -0.4 is 24.5 Å². The Morgan fingerprint density at radius 3 is 0.974 bits per heavy atom. The number of nitrogens with zero attached hydrogens (tertiary/aromatic N) is 5. The van der Waals surface area contributed by atoms with E-state index in [0.717, 1.165) is 130 Å². The van der Waals surface area contributed by atoms with Gasteiger partial charge in [0.15, 0.2) is 0 Å². The van der Waals surface area contributed by atoms with Crippen LogP contribution in [0, 0.1) is 0 Å². The Hall–Kier alpha value is -10.6. The van der Waals surface area contributed by atoms with Gasteiger partial charge in [-0.2, -0.15) is 0 Å². The molecule has 12 aromatic carbocycles. The van der Waals surface area contributed by atoms with E-state index < -0.39 is 0 Å². The van der Waals surface area contributed by atoms with Crippen molar-refractivity contribution in [3.05, 3.63) is 297 Å². The first-order valence-corrected chi connectivity index (χ1v) is 26.5. The maximum absolute atomic E-state index is 6.50. The van der Waals surface area contributed by atoms with Crippen LogP contribution in [0.25, 0.3) is 44.2 Å². The number of furan rings is 1. The quantitative estimate of drug-likeness (QED) is 0.143. The summed E-state index contributed by atoms with van der Waals surface area (Å²) in [5, 5.41) is 2.21. The van der Waals surface area contributed by atoms with E-state index in [2.05, 4.69) is 310 Å². The molecule has 0 bridgehead atoms. The fourth-order valence-corrected chi connectivity index (χ4v) is 11.7. The molecule has 3 heterocycles. The number of fused-ring (bicyclic) bond motifs is 7. The van der Waals surface area contributed by atoms with Gasteiger partial charge in [-0.3, -0.25) is 0 Å². The summed E-state index contributed by atoms with van der Waals surface area (Å²) in [6.45, 7) is 0. The van der Waals surface area contributed by atoms with E-state index in [1.807, 2.05) is 12.1 Å². The van der Waals surface area contributed by atoms with Crippen LogP contribution in [-0.4, -0.2) is 0 Å². The van der Waals surface area contributed by atoms with Gasteiger partial charge in [-0.25, -0.2) is 0 Å². The highest BCUT2D eigenvalue weighted by Gasteiger charge is 2.32. The van der Waals surface area contributed by atoms with E-state index in [1.165, 1.54) is 0 Å². The molecule has 0 saturated carbocycles. The molecule has 2 aliphatic heterocycles. The molecule has 6 heteroatoms. The van der Waals surface area contributed by atoms with E-state index in [4.69, 9.17) is 4.42 Å². The second kappa shape index (κ2) is 18.7. The topological polar surface area (TPSA) is 29.3 Å². The molecular formula is C72H49N5O. The molecule has 0 aliphatic carbocycles. The number of hydrogen-bond acceptors (Lipinski definition) is 6. The van der Waals surface area contributed by atoms with Crippen molar-refractivity contribution in [3.63, 3.8) is 0 Å². The van der Waals surface area contributed by atoms with Crippen LogP contribution in [0.4, 0.5) is 85.3 Å². The number of hydrogen-bond donors (Lipinski definition) is 0. The minimum absolute atomic E-state index is 0.848. The molecule has 368 valence electrons. The third-order valence-electron chi connectivity index (χ3n) is 15.2. The second-order valence-corrected chi connectivity index (χ2v) is 19.8. The average molecular weight is 1000 g/mol. The molecule has 0 spiro atoms. The largest absolute Gasteiger partial charge is 0.456 e. The second-order valence-electron chi connectivity index (χ2n) is 19.8. The van der Waals surface area contributed by atoms with E-state index in [-0.39, 0.29) is 0 Å². The summed E-state index contributed by atoms with van der Waals surface area (Å²) in [5.41, 5.74) is 22.8. The predicted octanol–water partition coefficient (Wildman–Crippen LogP) is 20.9. The molecule has 0 fully saturated rings. The van der Waals surface area contributed by atoms with Gasteiger partial charge in [0.25, 0.3) is 0 Å². The Balaban J connectivity index is 0.782. The smallest absolute Gasteiger partial charge is 0.137 e. The molecule has 0 atom stereocenters. The lowest BCUT2D eigenvalue weighted by Gasteiger charge is -2.40. The Bertz CT molecular complexity index is 4040. The van der Waals surface area contributed by atoms with Crippen molar-refractivity contribution in [1.29, 1.82) is 0 Å².